The Morgan fingerprint density at radius 3 is 1.61 bits per heavy atom. The van der Waals surface area contributed by atoms with Crippen LogP contribution in [-0.4, -0.2) is 59.1 Å². The van der Waals surface area contributed by atoms with Gasteiger partial charge in [0.1, 0.15) is 5.54 Å². The summed E-state index contributed by atoms with van der Waals surface area (Å²) in [5, 5.41) is 22.5. The number of likely N-dealkylation sites (N-methyl/N-ethyl adjacent to an activating group) is 1. The number of hydrogen-bond donors (Lipinski definition) is 3. The number of esters is 2. The standard InChI is InChI=1S/C20H18O8.C13H16ClNO/c1-11-3-7-13(8-4-11)19(25)27-15(17(21)22)16(18(23)24)28-20(26)14-9-5-12(2)6-10-14;1-15-13(9-5-4-8-12(13)16)10-6-2-3-7-11(10)14/h3-10,15-16H,1-2H3,(H,21,22)(H,23,24);2-3,6-7,15H,4-5,8-9H2,1H3/t15-,16-;13-/m10/s1. The van der Waals surface area contributed by atoms with E-state index in [4.69, 9.17) is 21.1 Å². The number of aryl methyl sites for hydroxylation is 2. The lowest BCUT2D eigenvalue weighted by molar-refractivity contribution is -0.166. The number of ether oxygens (including phenoxy) is 2. The van der Waals surface area contributed by atoms with Gasteiger partial charge in [-0.3, -0.25) is 4.79 Å². The molecule has 10 nitrogen and oxygen atoms in total. The molecule has 0 amide bonds. The van der Waals surface area contributed by atoms with Crippen molar-refractivity contribution in [3.8, 4) is 0 Å². The van der Waals surface area contributed by atoms with E-state index in [1.165, 1.54) is 24.3 Å². The van der Waals surface area contributed by atoms with Gasteiger partial charge in [0, 0.05) is 11.4 Å². The van der Waals surface area contributed by atoms with Gasteiger partial charge in [0.05, 0.1) is 11.1 Å². The summed E-state index contributed by atoms with van der Waals surface area (Å²) in [5.74, 6) is -5.36. The smallest absolute Gasteiger partial charge is 0.349 e. The zero-order chi connectivity index (χ0) is 32.4. The molecular formula is C33H34ClNO9. The molecule has 1 fully saturated rings. The predicted molar refractivity (Wildman–Crippen MR) is 162 cm³/mol. The minimum atomic E-state index is -2.22. The topological polar surface area (TPSA) is 156 Å². The molecule has 0 saturated heterocycles. The van der Waals surface area contributed by atoms with E-state index in [0.29, 0.717) is 11.4 Å². The molecule has 0 spiro atoms. The van der Waals surface area contributed by atoms with Gasteiger partial charge in [0.2, 0.25) is 12.2 Å². The zero-order valence-electron chi connectivity index (χ0n) is 24.5. The van der Waals surface area contributed by atoms with E-state index in [0.717, 1.165) is 36.0 Å². The van der Waals surface area contributed by atoms with Gasteiger partial charge in [-0.2, -0.15) is 0 Å². The van der Waals surface area contributed by atoms with Gasteiger partial charge in [-0.05, 0) is 69.6 Å². The van der Waals surface area contributed by atoms with Crippen molar-refractivity contribution in [2.75, 3.05) is 7.05 Å². The van der Waals surface area contributed by atoms with Gasteiger partial charge < -0.3 is 25.0 Å². The minimum Gasteiger partial charge on any atom is -0.478 e. The summed E-state index contributed by atoms with van der Waals surface area (Å²) in [7, 11) is 1.84. The van der Waals surface area contributed by atoms with E-state index in [-0.39, 0.29) is 16.9 Å². The molecular weight excluding hydrogens is 590 g/mol. The molecule has 0 radical (unpaired) electrons. The second kappa shape index (κ2) is 15.3. The van der Waals surface area contributed by atoms with Gasteiger partial charge in [-0.15, -0.1) is 0 Å². The van der Waals surface area contributed by atoms with Gasteiger partial charge in [0.15, 0.2) is 5.78 Å². The number of carbonyl (C=O) groups excluding carboxylic acids is 3. The third-order valence-corrected chi connectivity index (χ3v) is 7.58. The summed E-state index contributed by atoms with van der Waals surface area (Å²) in [5.41, 5.74) is 2.15. The normalized spacial score (nSPS) is 17.3. The lowest BCUT2D eigenvalue weighted by Gasteiger charge is -2.36. The fourth-order valence-corrected chi connectivity index (χ4v) is 5.05. The van der Waals surface area contributed by atoms with E-state index in [2.05, 4.69) is 5.32 Å². The lowest BCUT2D eigenvalue weighted by atomic mass is 9.75. The van der Waals surface area contributed by atoms with Crippen LogP contribution < -0.4 is 5.32 Å². The van der Waals surface area contributed by atoms with Crippen molar-refractivity contribution in [2.24, 2.45) is 0 Å². The predicted octanol–water partition coefficient (Wildman–Crippen LogP) is 5.12. The Bertz CT molecular complexity index is 1430. The maximum Gasteiger partial charge on any atom is 0.349 e. The van der Waals surface area contributed by atoms with Gasteiger partial charge >= 0.3 is 23.9 Å². The number of ketones is 1. The van der Waals surface area contributed by atoms with Crippen molar-refractivity contribution < 1.29 is 43.7 Å². The van der Waals surface area contributed by atoms with Crippen LogP contribution >= 0.6 is 11.6 Å². The molecule has 0 unspecified atom stereocenters. The van der Waals surface area contributed by atoms with Crippen LogP contribution in [0.25, 0.3) is 0 Å². The molecule has 44 heavy (non-hydrogen) atoms. The van der Waals surface area contributed by atoms with Crippen molar-refractivity contribution in [3.05, 3.63) is 106 Å². The number of halogens is 1. The van der Waals surface area contributed by atoms with Crippen molar-refractivity contribution in [1.29, 1.82) is 0 Å². The second-order valence-corrected chi connectivity index (χ2v) is 10.7. The number of carboxylic acids is 2. The van der Waals surface area contributed by atoms with Crippen LogP contribution in [0, 0.1) is 13.8 Å². The number of Topliss-reactive ketones (excluding diaryl/α,β-unsaturated/α-hetero) is 1. The van der Waals surface area contributed by atoms with Crippen molar-refractivity contribution in [2.45, 2.75) is 57.3 Å². The van der Waals surface area contributed by atoms with Crippen LogP contribution in [-0.2, 0) is 29.4 Å². The van der Waals surface area contributed by atoms with Crippen LogP contribution in [0.3, 0.4) is 0 Å². The molecule has 3 aromatic rings. The highest BCUT2D eigenvalue weighted by Crippen LogP contribution is 2.37. The SMILES string of the molecule is CN[C@]1(c2ccccc2Cl)CCCCC1=O.Cc1ccc(C(=O)O[C@@H](C(=O)O)[C@@H](OC(=O)c2ccc(C)cc2)C(=O)O)cc1. The van der Waals surface area contributed by atoms with Crippen LogP contribution in [0.15, 0.2) is 72.8 Å². The Hall–Kier alpha value is -4.54. The summed E-state index contributed by atoms with van der Waals surface area (Å²) >= 11 is 6.20. The zero-order valence-corrected chi connectivity index (χ0v) is 25.3. The first-order valence-corrected chi connectivity index (χ1v) is 14.3. The summed E-state index contributed by atoms with van der Waals surface area (Å²) in [4.78, 5) is 59.5. The van der Waals surface area contributed by atoms with E-state index >= 15 is 0 Å². The maximum absolute atomic E-state index is 12.2. The molecule has 3 N–H and O–H groups in total. The number of hydrogen-bond acceptors (Lipinski definition) is 8. The number of benzene rings is 3. The quantitative estimate of drug-likeness (QED) is 0.273. The summed E-state index contributed by atoms with van der Waals surface area (Å²) in [6.45, 7) is 3.58. The van der Waals surface area contributed by atoms with Crippen LogP contribution in [0.5, 0.6) is 0 Å². The Morgan fingerprint density at radius 1 is 0.773 bits per heavy atom. The molecule has 4 rings (SSSR count). The largest absolute Gasteiger partial charge is 0.478 e. The molecule has 11 heteroatoms. The highest BCUT2D eigenvalue weighted by atomic mass is 35.5. The van der Waals surface area contributed by atoms with Gasteiger partial charge in [-0.1, -0.05) is 71.6 Å². The number of rotatable bonds is 9. The van der Waals surface area contributed by atoms with Crippen molar-refractivity contribution in [1.82, 2.24) is 5.32 Å². The van der Waals surface area contributed by atoms with Gasteiger partial charge in [-0.25, -0.2) is 19.2 Å². The van der Waals surface area contributed by atoms with Crippen molar-refractivity contribution in [3.63, 3.8) is 0 Å². The lowest BCUT2D eigenvalue weighted by Crippen LogP contribution is -2.49. The average Bonchev–Trinajstić information content (AvgIpc) is 3.00. The van der Waals surface area contributed by atoms with Crippen LogP contribution in [0.2, 0.25) is 5.02 Å². The third kappa shape index (κ3) is 8.30. The Kier molecular flexibility index (Phi) is 11.8. The van der Waals surface area contributed by atoms with Crippen LogP contribution in [0.4, 0.5) is 0 Å². The van der Waals surface area contributed by atoms with E-state index < -0.39 is 41.6 Å². The molecule has 1 saturated carbocycles. The first-order valence-electron chi connectivity index (χ1n) is 13.9. The molecule has 3 atom stereocenters. The average molecular weight is 624 g/mol. The van der Waals surface area contributed by atoms with E-state index in [1.807, 2.05) is 31.3 Å². The Balaban J connectivity index is 0.000000278. The van der Waals surface area contributed by atoms with E-state index in [1.54, 1.807) is 38.1 Å². The number of aliphatic carboxylic acids is 2. The molecule has 1 aliphatic rings. The Morgan fingerprint density at radius 2 is 1.23 bits per heavy atom. The van der Waals surface area contributed by atoms with E-state index in [9.17, 15) is 34.2 Å². The van der Waals surface area contributed by atoms with Crippen molar-refractivity contribution >= 4 is 41.3 Å². The number of carboxylic acid groups (broad SMARTS) is 2. The first-order chi connectivity index (χ1) is 20.9. The first kappa shape index (κ1) is 34.0. The molecule has 0 heterocycles. The molecule has 0 aromatic heterocycles. The van der Waals surface area contributed by atoms with Crippen LogP contribution in [0.1, 0.15) is 63.1 Å². The molecule has 232 valence electrons. The highest BCUT2D eigenvalue weighted by Gasteiger charge is 2.42. The molecule has 0 bridgehead atoms. The Labute approximate surface area is 259 Å². The highest BCUT2D eigenvalue weighted by molar-refractivity contribution is 6.31. The fourth-order valence-electron chi connectivity index (χ4n) is 4.75. The molecule has 0 aliphatic heterocycles. The summed E-state index contributed by atoms with van der Waals surface area (Å²) in [6.07, 6.45) is -0.899. The third-order valence-electron chi connectivity index (χ3n) is 7.25. The second-order valence-electron chi connectivity index (χ2n) is 10.3. The molecule has 3 aromatic carbocycles. The number of nitrogens with one attached hydrogen (secondary N) is 1. The minimum absolute atomic E-state index is 0.0332. The molecule has 1 aliphatic carbocycles. The summed E-state index contributed by atoms with van der Waals surface area (Å²) in [6, 6.07) is 19.7. The van der Waals surface area contributed by atoms with Gasteiger partial charge in [0.25, 0.3) is 0 Å². The maximum atomic E-state index is 12.2. The number of carbonyl (C=O) groups is 5. The summed E-state index contributed by atoms with van der Waals surface area (Å²) < 4.78 is 9.64. The fraction of sp³-hybridized carbons (Fsp3) is 0.303. The monoisotopic (exact) mass is 623 g/mol.